The molecule has 3 aromatic rings. The van der Waals surface area contributed by atoms with Gasteiger partial charge in [0.25, 0.3) is 5.56 Å². The van der Waals surface area contributed by atoms with Crippen molar-refractivity contribution in [2.75, 3.05) is 5.43 Å². The molecule has 23 heavy (non-hydrogen) atoms. The van der Waals surface area contributed by atoms with Gasteiger partial charge in [-0.2, -0.15) is 5.10 Å². The summed E-state index contributed by atoms with van der Waals surface area (Å²) in [6.45, 7) is 2.62. The summed E-state index contributed by atoms with van der Waals surface area (Å²) in [6.07, 6.45) is 2.55. The van der Waals surface area contributed by atoms with Gasteiger partial charge in [0.2, 0.25) is 5.95 Å². The van der Waals surface area contributed by atoms with E-state index in [1.54, 1.807) is 16.8 Å². The minimum atomic E-state index is -0.0464. The van der Waals surface area contributed by atoms with E-state index < -0.39 is 0 Å². The molecule has 0 atom stereocenters. The third-order valence-corrected chi connectivity index (χ3v) is 3.49. The maximum absolute atomic E-state index is 12.6. The van der Waals surface area contributed by atoms with Crippen molar-refractivity contribution in [3.63, 3.8) is 0 Å². The van der Waals surface area contributed by atoms with Crippen LogP contribution in [0.5, 0.6) is 0 Å². The van der Waals surface area contributed by atoms with Crippen molar-refractivity contribution < 1.29 is 0 Å². The number of hydrazone groups is 1. The van der Waals surface area contributed by atoms with Gasteiger partial charge in [0.15, 0.2) is 0 Å². The molecular formula is C18H18N4O. The smallest absolute Gasteiger partial charge is 0.262 e. The normalized spacial score (nSPS) is 11.2. The number of aromatic nitrogens is 2. The van der Waals surface area contributed by atoms with Crippen LogP contribution >= 0.6 is 0 Å². The van der Waals surface area contributed by atoms with E-state index in [0.29, 0.717) is 23.4 Å². The first-order chi connectivity index (χ1) is 11.3. The van der Waals surface area contributed by atoms with Crippen LogP contribution in [0.2, 0.25) is 0 Å². The van der Waals surface area contributed by atoms with Gasteiger partial charge >= 0.3 is 0 Å². The minimum Gasteiger partial charge on any atom is -0.277 e. The van der Waals surface area contributed by atoms with Crippen molar-refractivity contribution in [2.24, 2.45) is 5.10 Å². The first-order valence-electron chi connectivity index (χ1n) is 7.63. The summed E-state index contributed by atoms with van der Waals surface area (Å²) in [5.74, 6) is 0.461. The summed E-state index contributed by atoms with van der Waals surface area (Å²) in [7, 11) is 0. The third-order valence-electron chi connectivity index (χ3n) is 3.49. The number of rotatable bonds is 5. The van der Waals surface area contributed by atoms with E-state index in [1.165, 1.54) is 0 Å². The number of nitrogens with zero attached hydrogens (tertiary/aromatic N) is 3. The van der Waals surface area contributed by atoms with Gasteiger partial charge < -0.3 is 0 Å². The number of hydrogen-bond donors (Lipinski definition) is 1. The number of fused-ring (bicyclic) bond motifs is 1. The van der Waals surface area contributed by atoms with E-state index in [2.05, 4.69) is 15.5 Å². The Morgan fingerprint density at radius 2 is 1.87 bits per heavy atom. The Morgan fingerprint density at radius 1 is 1.13 bits per heavy atom. The lowest BCUT2D eigenvalue weighted by Crippen LogP contribution is -2.24. The molecule has 0 fully saturated rings. The first-order valence-corrected chi connectivity index (χ1v) is 7.63. The van der Waals surface area contributed by atoms with Crippen LogP contribution in [-0.4, -0.2) is 15.8 Å². The molecule has 0 bridgehead atoms. The molecule has 0 aliphatic heterocycles. The van der Waals surface area contributed by atoms with Crippen molar-refractivity contribution in [3.8, 4) is 0 Å². The van der Waals surface area contributed by atoms with Crippen LogP contribution in [0.25, 0.3) is 10.9 Å². The quantitative estimate of drug-likeness (QED) is 0.581. The Morgan fingerprint density at radius 3 is 2.65 bits per heavy atom. The monoisotopic (exact) mass is 306 g/mol. The number of anilines is 1. The standard InChI is InChI=1S/C18H18N4O/c1-2-12-22-17(23)15-10-6-7-11-16(15)20-18(22)21-19-13-14-8-4-3-5-9-14/h3-11,13H,2,12H2,1H3,(H,20,21)/b19-13+. The largest absolute Gasteiger partial charge is 0.277 e. The highest BCUT2D eigenvalue weighted by molar-refractivity contribution is 5.80. The van der Waals surface area contributed by atoms with E-state index in [1.807, 2.05) is 55.5 Å². The van der Waals surface area contributed by atoms with E-state index in [-0.39, 0.29) is 5.56 Å². The zero-order valence-corrected chi connectivity index (χ0v) is 12.9. The summed E-state index contributed by atoms with van der Waals surface area (Å²) in [5.41, 5.74) is 4.50. The van der Waals surface area contributed by atoms with Gasteiger partial charge in [0.05, 0.1) is 17.1 Å². The number of para-hydroxylation sites is 1. The molecule has 0 saturated heterocycles. The topological polar surface area (TPSA) is 59.3 Å². The number of nitrogens with one attached hydrogen (secondary N) is 1. The van der Waals surface area contributed by atoms with Gasteiger partial charge in [-0.25, -0.2) is 10.4 Å². The van der Waals surface area contributed by atoms with Crippen molar-refractivity contribution in [1.29, 1.82) is 0 Å². The van der Waals surface area contributed by atoms with Crippen LogP contribution in [0.4, 0.5) is 5.95 Å². The molecule has 5 heteroatoms. The minimum absolute atomic E-state index is 0.0464. The molecule has 0 radical (unpaired) electrons. The molecule has 116 valence electrons. The number of hydrogen-bond acceptors (Lipinski definition) is 4. The predicted octanol–water partition coefficient (Wildman–Crippen LogP) is 3.25. The van der Waals surface area contributed by atoms with Crippen molar-refractivity contribution >= 4 is 23.1 Å². The van der Waals surface area contributed by atoms with Gasteiger partial charge in [-0.15, -0.1) is 0 Å². The Hall–Kier alpha value is -2.95. The summed E-state index contributed by atoms with van der Waals surface area (Å²) in [4.78, 5) is 17.1. The fourth-order valence-corrected chi connectivity index (χ4v) is 2.39. The Balaban J connectivity index is 1.97. The summed E-state index contributed by atoms with van der Waals surface area (Å²) < 4.78 is 1.63. The Bertz CT molecular complexity index is 884. The molecule has 0 aliphatic carbocycles. The average molecular weight is 306 g/mol. The van der Waals surface area contributed by atoms with Crippen LogP contribution in [0.3, 0.4) is 0 Å². The van der Waals surface area contributed by atoms with Crippen molar-refractivity contribution in [1.82, 2.24) is 9.55 Å². The lowest BCUT2D eigenvalue weighted by Gasteiger charge is -2.11. The fraction of sp³-hybridized carbons (Fsp3) is 0.167. The van der Waals surface area contributed by atoms with Gasteiger partial charge in [-0.1, -0.05) is 49.4 Å². The van der Waals surface area contributed by atoms with Crippen LogP contribution in [0.15, 0.2) is 64.5 Å². The van der Waals surface area contributed by atoms with Gasteiger partial charge in [0, 0.05) is 6.54 Å². The maximum atomic E-state index is 12.6. The van der Waals surface area contributed by atoms with Gasteiger partial charge in [0.1, 0.15) is 0 Å². The van der Waals surface area contributed by atoms with Gasteiger partial charge in [-0.05, 0) is 24.1 Å². The summed E-state index contributed by atoms with van der Waals surface area (Å²) >= 11 is 0. The van der Waals surface area contributed by atoms with Crippen LogP contribution in [0, 0.1) is 0 Å². The van der Waals surface area contributed by atoms with Crippen LogP contribution in [-0.2, 0) is 6.54 Å². The first kappa shape index (κ1) is 15.0. The Labute approximate surface area is 134 Å². The fourth-order valence-electron chi connectivity index (χ4n) is 2.39. The third kappa shape index (κ3) is 3.29. The molecule has 1 N–H and O–H groups in total. The van der Waals surface area contributed by atoms with Gasteiger partial charge in [-0.3, -0.25) is 9.36 Å². The molecule has 0 spiro atoms. The van der Waals surface area contributed by atoms with Crippen LogP contribution in [0.1, 0.15) is 18.9 Å². The molecule has 0 saturated carbocycles. The summed E-state index contributed by atoms with van der Waals surface area (Å²) in [5, 5.41) is 4.83. The average Bonchev–Trinajstić information content (AvgIpc) is 2.59. The van der Waals surface area contributed by atoms with E-state index >= 15 is 0 Å². The van der Waals surface area contributed by atoms with Crippen molar-refractivity contribution in [2.45, 2.75) is 19.9 Å². The molecule has 5 nitrogen and oxygen atoms in total. The van der Waals surface area contributed by atoms with Crippen molar-refractivity contribution in [3.05, 3.63) is 70.5 Å². The molecule has 0 unspecified atom stereocenters. The molecule has 2 aromatic carbocycles. The molecule has 0 aliphatic rings. The highest BCUT2D eigenvalue weighted by Gasteiger charge is 2.09. The molecule has 3 rings (SSSR count). The lowest BCUT2D eigenvalue weighted by atomic mass is 10.2. The second kappa shape index (κ2) is 6.87. The molecule has 1 heterocycles. The highest BCUT2D eigenvalue weighted by atomic mass is 16.1. The number of benzene rings is 2. The predicted molar refractivity (Wildman–Crippen MR) is 94.0 cm³/mol. The zero-order chi connectivity index (χ0) is 16.1. The summed E-state index contributed by atoms with van der Waals surface area (Å²) in [6, 6.07) is 17.1. The van der Waals surface area contributed by atoms with E-state index in [0.717, 1.165) is 12.0 Å². The second-order valence-corrected chi connectivity index (χ2v) is 5.19. The Kier molecular flexibility index (Phi) is 4.47. The SMILES string of the molecule is CCCn1c(N/N=C/c2ccccc2)nc2ccccc2c1=O. The zero-order valence-electron chi connectivity index (χ0n) is 12.9. The molecule has 0 amide bonds. The highest BCUT2D eigenvalue weighted by Crippen LogP contribution is 2.11. The van der Waals surface area contributed by atoms with Crippen LogP contribution < -0.4 is 11.0 Å². The lowest BCUT2D eigenvalue weighted by molar-refractivity contribution is 0.654. The van der Waals surface area contributed by atoms with E-state index in [4.69, 9.17) is 0 Å². The second-order valence-electron chi connectivity index (χ2n) is 5.19. The van der Waals surface area contributed by atoms with E-state index in [9.17, 15) is 4.79 Å². The molecule has 1 aromatic heterocycles. The molecular weight excluding hydrogens is 288 g/mol. The maximum Gasteiger partial charge on any atom is 0.262 e.